The predicted molar refractivity (Wildman–Crippen MR) is 149 cm³/mol. The zero-order valence-corrected chi connectivity index (χ0v) is 22.6. The maximum absolute atomic E-state index is 14.6. The molecule has 0 amide bonds. The highest BCUT2D eigenvalue weighted by Gasteiger charge is 2.25. The predicted octanol–water partition coefficient (Wildman–Crippen LogP) is 6.96. The highest BCUT2D eigenvalue weighted by atomic mass is 32.2. The van der Waals surface area contributed by atoms with Crippen LogP contribution < -0.4 is 0 Å². The van der Waals surface area contributed by atoms with Crippen LogP contribution in [-0.4, -0.2) is 36.8 Å². The molecule has 1 atom stereocenters. The first kappa shape index (κ1) is 28.5. The van der Waals surface area contributed by atoms with Gasteiger partial charge in [-0.1, -0.05) is 38.1 Å². The Morgan fingerprint density at radius 2 is 1.74 bits per heavy atom. The Bertz CT molecular complexity index is 1570. The molecule has 0 aliphatic carbocycles. The molecule has 0 fully saturated rings. The Balaban J connectivity index is 0.000000377. The number of hydrogen-bond donors (Lipinski definition) is 2. The monoisotopic (exact) mass is 536 g/mol. The summed E-state index contributed by atoms with van der Waals surface area (Å²) < 4.78 is 40.0. The smallest absolute Gasteiger partial charge is 0.340 e. The largest absolute Gasteiger partial charge is 0.768 e. The van der Waals surface area contributed by atoms with Crippen molar-refractivity contribution in [3.8, 4) is 22.5 Å². The third-order valence-electron chi connectivity index (χ3n) is 5.70. The second-order valence-electron chi connectivity index (χ2n) is 8.00. The van der Waals surface area contributed by atoms with Crippen LogP contribution >= 0.6 is 0 Å². The molecule has 7 nitrogen and oxygen atoms in total. The molecule has 0 bridgehead atoms. The van der Waals surface area contributed by atoms with Gasteiger partial charge in [-0.3, -0.25) is 4.21 Å². The molecule has 9 heteroatoms. The number of methoxy groups -OCH3 is 1. The minimum atomic E-state index is -2.08. The Labute approximate surface area is 224 Å². The number of nitrogens with one attached hydrogen (secondary N) is 2. The summed E-state index contributed by atoms with van der Waals surface area (Å²) in [5.41, 5.74) is 4.93. The van der Waals surface area contributed by atoms with E-state index in [-0.39, 0.29) is 1.43 Å². The number of rotatable bonds is 4. The van der Waals surface area contributed by atoms with Crippen LogP contribution in [0.15, 0.2) is 78.0 Å². The number of aryl methyl sites for hydroxylation is 1. The standard InChI is InChI=1S/C21H18FN3O2.C6H6O2S.C2H6.H2/c1-11-4-5-15(16(22)10-11)19-17(21(26)27-3)12(2)18(25-19)13-6-8-23-20-14(13)7-9-24-20;7-9(8)6-4-2-1-3-5-6;1-2;/h4-10,25H,1-3H3,(H,23,24);1-5H,(H,7,8);1-2H3;1H/p-1. The van der Waals surface area contributed by atoms with Gasteiger partial charge in [0.05, 0.1) is 24.1 Å². The lowest BCUT2D eigenvalue weighted by molar-refractivity contribution is 0.0601. The number of benzene rings is 2. The van der Waals surface area contributed by atoms with Crippen LogP contribution in [0, 0.1) is 19.7 Å². The molecule has 0 aliphatic rings. The molecule has 0 saturated heterocycles. The Kier molecular flexibility index (Phi) is 9.70. The van der Waals surface area contributed by atoms with Gasteiger partial charge in [-0.05, 0) is 72.5 Å². The fourth-order valence-electron chi connectivity index (χ4n) is 3.96. The lowest BCUT2D eigenvalue weighted by Gasteiger charge is -2.06. The van der Waals surface area contributed by atoms with Gasteiger partial charge in [0.25, 0.3) is 0 Å². The summed E-state index contributed by atoms with van der Waals surface area (Å²) in [7, 11) is 1.32. The number of aromatic nitrogens is 3. The number of hydrogen-bond acceptors (Lipinski definition) is 5. The van der Waals surface area contributed by atoms with Crippen molar-refractivity contribution in [1.29, 1.82) is 0 Å². The first-order chi connectivity index (χ1) is 18.3. The SMILES string of the molecule is CC.COC(=O)c1c(-c2ccc(C)cc2F)[nH]c(-c2ccnc3[nH]ccc23)c1C.O=S([O-])c1ccccc1.[HH]. The van der Waals surface area contributed by atoms with E-state index in [2.05, 4.69) is 15.0 Å². The van der Waals surface area contributed by atoms with Crippen molar-refractivity contribution < 1.29 is 24.1 Å². The summed E-state index contributed by atoms with van der Waals surface area (Å²) in [6.07, 6.45) is 3.50. The molecule has 5 rings (SSSR count). The van der Waals surface area contributed by atoms with Crippen molar-refractivity contribution in [3.63, 3.8) is 0 Å². The first-order valence-corrected chi connectivity index (χ1v) is 13.0. The second-order valence-corrected chi connectivity index (χ2v) is 8.94. The number of esters is 1. The van der Waals surface area contributed by atoms with Crippen molar-refractivity contribution in [2.24, 2.45) is 0 Å². The molecule has 0 saturated carbocycles. The van der Waals surface area contributed by atoms with E-state index in [1.54, 1.807) is 48.8 Å². The molecule has 3 aromatic heterocycles. The van der Waals surface area contributed by atoms with Crippen LogP contribution in [0.5, 0.6) is 0 Å². The molecule has 2 N–H and O–H groups in total. The lowest BCUT2D eigenvalue weighted by atomic mass is 10.0. The number of nitrogens with zero attached hydrogens (tertiary/aromatic N) is 1. The third kappa shape index (κ3) is 6.07. The topological polar surface area (TPSA) is 111 Å². The van der Waals surface area contributed by atoms with Gasteiger partial charge in [0.2, 0.25) is 0 Å². The van der Waals surface area contributed by atoms with Gasteiger partial charge in [-0.2, -0.15) is 0 Å². The van der Waals surface area contributed by atoms with Gasteiger partial charge in [-0.25, -0.2) is 14.2 Å². The van der Waals surface area contributed by atoms with Crippen LogP contribution in [0.3, 0.4) is 0 Å². The number of aromatic amines is 2. The normalized spacial score (nSPS) is 11.1. The van der Waals surface area contributed by atoms with E-state index in [9.17, 15) is 17.9 Å². The summed E-state index contributed by atoms with van der Waals surface area (Å²) in [4.78, 5) is 23.4. The van der Waals surface area contributed by atoms with E-state index >= 15 is 0 Å². The van der Waals surface area contributed by atoms with Gasteiger partial charge in [-0.15, -0.1) is 0 Å². The number of halogens is 1. The van der Waals surface area contributed by atoms with Crippen molar-refractivity contribution in [2.45, 2.75) is 32.6 Å². The van der Waals surface area contributed by atoms with E-state index in [0.29, 0.717) is 27.3 Å². The molecule has 0 spiro atoms. The molecule has 0 radical (unpaired) electrons. The first-order valence-electron chi connectivity index (χ1n) is 12.0. The summed E-state index contributed by atoms with van der Waals surface area (Å²) in [6, 6.07) is 17.0. The summed E-state index contributed by atoms with van der Waals surface area (Å²) >= 11 is -2.08. The Morgan fingerprint density at radius 1 is 1.03 bits per heavy atom. The molecular formula is C29H31FN3O4S-. The van der Waals surface area contributed by atoms with E-state index in [1.807, 2.05) is 45.9 Å². The van der Waals surface area contributed by atoms with Crippen LogP contribution in [0.4, 0.5) is 4.39 Å². The number of carbonyl (C=O) groups excluding carboxylic acids is 1. The highest BCUT2D eigenvalue weighted by Crippen LogP contribution is 2.37. The van der Waals surface area contributed by atoms with E-state index in [0.717, 1.165) is 27.9 Å². The lowest BCUT2D eigenvalue weighted by Crippen LogP contribution is -2.04. The van der Waals surface area contributed by atoms with Crippen LogP contribution in [-0.2, 0) is 15.8 Å². The van der Waals surface area contributed by atoms with Crippen molar-refractivity contribution in [1.82, 2.24) is 15.0 Å². The number of ether oxygens (including phenoxy) is 1. The number of fused-ring (bicyclic) bond motifs is 1. The van der Waals surface area contributed by atoms with Crippen LogP contribution in [0.1, 0.15) is 36.8 Å². The van der Waals surface area contributed by atoms with Gasteiger partial charge >= 0.3 is 5.97 Å². The van der Waals surface area contributed by atoms with Crippen molar-refractivity contribution >= 4 is 28.1 Å². The van der Waals surface area contributed by atoms with Gasteiger partial charge < -0.3 is 19.3 Å². The summed E-state index contributed by atoms with van der Waals surface area (Å²) in [6.45, 7) is 7.64. The third-order valence-corrected chi connectivity index (χ3v) is 6.36. The summed E-state index contributed by atoms with van der Waals surface area (Å²) in [5, 5.41) is 0.911. The molecular weight excluding hydrogens is 505 g/mol. The summed E-state index contributed by atoms with van der Waals surface area (Å²) in [5.74, 6) is -0.904. The molecule has 200 valence electrons. The minimum Gasteiger partial charge on any atom is -0.768 e. The average molecular weight is 537 g/mol. The molecule has 2 aromatic carbocycles. The van der Waals surface area contributed by atoms with Crippen molar-refractivity contribution in [3.05, 3.63) is 95.6 Å². The molecule has 1 unspecified atom stereocenters. The maximum atomic E-state index is 14.6. The second kappa shape index (κ2) is 12.9. The zero-order valence-electron chi connectivity index (χ0n) is 21.8. The number of pyridine rings is 1. The minimum absolute atomic E-state index is 0. The molecule has 5 aromatic rings. The van der Waals surface area contributed by atoms with E-state index < -0.39 is 22.9 Å². The fourth-order valence-corrected chi connectivity index (χ4v) is 4.34. The average Bonchev–Trinajstić information content (AvgIpc) is 3.55. The van der Waals surface area contributed by atoms with Crippen molar-refractivity contribution in [2.75, 3.05) is 7.11 Å². The van der Waals surface area contributed by atoms with Gasteiger partial charge in [0.1, 0.15) is 11.5 Å². The van der Waals surface area contributed by atoms with Gasteiger partial charge in [0.15, 0.2) is 0 Å². The van der Waals surface area contributed by atoms with Gasteiger partial charge in [0, 0.05) is 35.2 Å². The number of carbonyl (C=O) groups is 1. The molecule has 38 heavy (non-hydrogen) atoms. The van der Waals surface area contributed by atoms with Crippen LogP contribution in [0.2, 0.25) is 0 Å². The Hall–Kier alpha value is -4.08. The van der Waals surface area contributed by atoms with E-state index in [4.69, 9.17) is 4.74 Å². The molecule has 0 aliphatic heterocycles. The maximum Gasteiger partial charge on any atom is 0.340 e. The quantitative estimate of drug-likeness (QED) is 0.190. The van der Waals surface area contributed by atoms with Crippen LogP contribution in [0.25, 0.3) is 33.5 Å². The van der Waals surface area contributed by atoms with E-state index in [1.165, 1.54) is 13.2 Å². The zero-order chi connectivity index (χ0) is 27.8. The highest BCUT2D eigenvalue weighted by molar-refractivity contribution is 7.79. The Morgan fingerprint density at radius 3 is 2.34 bits per heavy atom. The number of H-pyrrole nitrogens is 2. The fraction of sp³-hybridized carbons (Fsp3) is 0.172. The molecule has 3 heterocycles.